The van der Waals surface area contributed by atoms with Crippen molar-refractivity contribution in [2.45, 2.75) is 18.7 Å². The molecule has 3 rings (SSSR count). The zero-order chi connectivity index (χ0) is 23.1. The van der Waals surface area contributed by atoms with Crippen molar-refractivity contribution in [1.82, 2.24) is 4.57 Å². The number of carbonyl (C=O) groups excluding carboxylic acids is 2. The molecule has 0 radical (unpaired) electrons. The number of nitrogens with zero attached hydrogens (tertiary/aromatic N) is 2. The van der Waals surface area contributed by atoms with Gasteiger partial charge >= 0.3 is 5.97 Å². The predicted molar refractivity (Wildman–Crippen MR) is 129 cm³/mol. The Kier molecular flexibility index (Phi) is 8.27. The lowest BCUT2D eigenvalue weighted by atomic mass is 10.2. The standard InChI is InChI=1S/C22H24N2O5S3/c1-29-21(26)17-8-9-18-19(14-17)31-22(24(18)11-12-30-2)23-20(25)10-13-32(27,28)15-16-6-4-3-5-7-16/h3-9,14H,10-13,15H2,1-2H3. The fourth-order valence-electron chi connectivity index (χ4n) is 3.11. The van der Waals surface area contributed by atoms with Crippen LogP contribution in [0.2, 0.25) is 0 Å². The Labute approximate surface area is 195 Å². The van der Waals surface area contributed by atoms with Crippen LogP contribution in [0.1, 0.15) is 22.3 Å². The van der Waals surface area contributed by atoms with E-state index in [1.54, 1.807) is 48.2 Å². The average molecular weight is 493 g/mol. The van der Waals surface area contributed by atoms with E-state index in [2.05, 4.69) is 4.99 Å². The fourth-order valence-corrected chi connectivity index (χ4v) is 5.92. The van der Waals surface area contributed by atoms with Gasteiger partial charge in [-0.2, -0.15) is 16.8 Å². The highest BCUT2D eigenvalue weighted by Crippen LogP contribution is 2.20. The van der Waals surface area contributed by atoms with E-state index in [9.17, 15) is 18.0 Å². The van der Waals surface area contributed by atoms with Gasteiger partial charge in [0.25, 0.3) is 0 Å². The van der Waals surface area contributed by atoms with Crippen LogP contribution in [0.5, 0.6) is 0 Å². The number of hydrogen-bond acceptors (Lipinski definition) is 7. The highest BCUT2D eigenvalue weighted by atomic mass is 32.2. The summed E-state index contributed by atoms with van der Waals surface area (Å²) in [6.45, 7) is 0.636. The van der Waals surface area contributed by atoms with E-state index in [4.69, 9.17) is 4.74 Å². The number of fused-ring (bicyclic) bond motifs is 1. The molecule has 170 valence electrons. The first-order valence-corrected chi connectivity index (χ1v) is 13.9. The van der Waals surface area contributed by atoms with Crippen LogP contribution in [0.25, 0.3) is 10.2 Å². The van der Waals surface area contributed by atoms with Crippen molar-refractivity contribution in [1.29, 1.82) is 0 Å². The van der Waals surface area contributed by atoms with Crippen LogP contribution in [0.3, 0.4) is 0 Å². The van der Waals surface area contributed by atoms with Crippen molar-refractivity contribution in [2.24, 2.45) is 4.99 Å². The van der Waals surface area contributed by atoms with Crippen molar-refractivity contribution < 1.29 is 22.7 Å². The Bertz CT molecular complexity index is 1280. The topological polar surface area (TPSA) is 94.8 Å². The zero-order valence-electron chi connectivity index (χ0n) is 17.8. The molecular formula is C22H24N2O5S3. The van der Waals surface area contributed by atoms with Crippen LogP contribution in [0.15, 0.2) is 53.5 Å². The van der Waals surface area contributed by atoms with Crippen molar-refractivity contribution >= 4 is 55.0 Å². The molecule has 0 aliphatic heterocycles. The van der Waals surface area contributed by atoms with Crippen LogP contribution in [0, 0.1) is 0 Å². The maximum atomic E-state index is 12.5. The lowest BCUT2D eigenvalue weighted by molar-refractivity contribution is -0.117. The minimum absolute atomic E-state index is 0.103. The molecule has 1 aromatic heterocycles. The zero-order valence-corrected chi connectivity index (χ0v) is 20.3. The van der Waals surface area contributed by atoms with Crippen LogP contribution in [-0.4, -0.2) is 49.7 Å². The van der Waals surface area contributed by atoms with Gasteiger partial charge in [0, 0.05) is 18.7 Å². The Balaban J connectivity index is 1.83. The summed E-state index contributed by atoms with van der Waals surface area (Å²) in [4.78, 5) is 29.1. The summed E-state index contributed by atoms with van der Waals surface area (Å²) >= 11 is 2.96. The molecule has 0 unspecified atom stereocenters. The number of methoxy groups -OCH3 is 1. The monoisotopic (exact) mass is 492 g/mol. The van der Waals surface area contributed by atoms with E-state index >= 15 is 0 Å². The van der Waals surface area contributed by atoms with Crippen molar-refractivity contribution in [3.05, 3.63) is 64.5 Å². The molecule has 0 fully saturated rings. The van der Waals surface area contributed by atoms with E-state index in [0.717, 1.165) is 16.0 Å². The minimum atomic E-state index is -3.43. The molecule has 0 saturated carbocycles. The normalized spacial score (nSPS) is 12.2. The Morgan fingerprint density at radius 1 is 1.16 bits per heavy atom. The largest absolute Gasteiger partial charge is 0.465 e. The second kappa shape index (κ2) is 10.9. The summed E-state index contributed by atoms with van der Waals surface area (Å²) in [5.41, 5.74) is 1.97. The maximum Gasteiger partial charge on any atom is 0.337 e. The molecular weight excluding hydrogens is 468 g/mol. The lowest BCUT2D eigenvalue weighted by Crippen LogP contribution is -2.19. The van der Waals surface area contributed by atoms with Crippen molar-refractivity contribution in [3.8, 4) is 0 Å². The lowest BCUT2D eigenvalue weighted by Gasteiger charge is -2.05. The first kappa shape index (κ1) is 24.2. The van der Waals surface area contributed by atoms with Crippen LogP contribution in [-0.2, 0) is 31.7 Å². The molecule has 1 heterocycles. The van der Waals surface area contributed by atoms with Gasteiger partial charge in [0.1, 0.15) is 0 Å². The molecule has 0 atom stereocenters. The second-order valence-corrected chi connectivity index (χ2v) is 11.2. The molecule has 0 bridgehead atoms. The summed E-state index contributed by atoms with van der Waals surface area (Å²) in [6, 6.07) is 14.1. The van der Waals surface area contributed by atoms with E-state index in [-0.39, 0.29) is 17.9 Å². The fraction of sp³-hybridized carbons (Fsp3) is 0.318. The Morgan fingerprint density at radius 2 is 1.91 bits per heavy atom. The van der Waals surface area contributed by atoms with E-state index in [0.29, 0.717) is 22.5 Å². The predicted octanol–water partition coefficient (Wildman–Crippen LogP) is 3.28. The first-order chi connectivity index (χ1) is 15.3. The van der Waals surface area contributed by atoms with Gasteiger partial charge in [-0.3, -0.25) is 4.79 Å². The molecule has 2 aromatic carbocycles. The Morgan fingerprint density at radius 3 is 2.59 bits per heavy atom. The molecule has 0 aliphatic carbocycles. The smallest absolute Gasteiger partial charge is 0.337 e. The van der Waals surface area contributed by atoms with Gasteiger partial charge < -0.3 is 9.30 Å². The highest BCUT2D eigenvalue weighted by molar-refractivity contribution is 7.98. The number of thioether (sulfide) groups is 1. The second-order valence-electron chi connectivity index (χ2n) is 7.04. The van der Waals surface area contributed by atoms with Gasteiger partial charge in [-0.1, -0.05) is 41.7 Å². The van der Waals surface area contributed by atoms with E-state index < -0.39 is 21.7 Å². The molecule has 3 aromatic rings. The van der Waals surface area contributed by atoms with Gasteiger partial charge in [0.15, 0.2) is 14.6 Å². The molecule has 7 nitrogen and oxygen atoms in total. The number of benzene rings is 2. The number of amides is 1. The summed E-state index contributed by atoms with van der Waals surface area (Å²) in [5, 5.41) is 0. The van der Waals surface area contributed by atoms with Crippen LogP contribution >= 0.6 is 23.1 Å². The molecule has 0 spiro atoms. The molecule has 10 heteroatoms. The van der Waals surface area contributed by atoms with Crippen molar-refractivity contribution in [3.63, 3.8) is 0 Å². The third kappa shape index (κ3) is 6.30. The van der Waals surface area contributed by atoms with Gasteiger partial charge in [0.05, 0.1) is 34.4 Å². The summed E-state index contributed by atoms with van der Waals surface area (Å²) < 4.78 is 32.3. The first-order valence-electron chi connectivity index (χ1n) is 9.85. The number of sulfone groups is 1. The summed E-state index contributed by atoms with van der Waals surface area (Å²) in [7, 11) is -2.10. The number of hydrogen-bond donors (Lipinski definition) is 0. The maximum absolute atomic E-state index is 12.5. The van der Waals surface area contributed by atoms with Gasteiger partial charge in [0.2, 0.25) is 5.91 Å². The summed E-state index contributed by atoms with van der Waals surface area (Å²) in [6.07, 6.45) is 1.81. The molecule has 0 saturated heterocycles. The third-order valence-electron chi connectivity index (χ3n) is 4.70. The minimum Gasteiger partial charge on any atom is -0.465 e. The molecule has 0 aliphatic rings. The van der Waals surface area contributed by atoms with Crippen LogP contribution in [0.4, 0.5) is 0 Å². The third-order valence-corrected chi connectivity index (χ3v) is 7.93. The number of aromatic nitrogens is 1. The van der Waals surface area contributed by atoms with Crippen LogP contribution < -0.4 is 4.80 Å². The molecule has 0 N–H and O–H groups in total. The van der Waals surface area contributed by atoms with Crippen molar-refractivity contribution in [2.75, 3.05) is 24.9 Å². The average Bonchev–Trinajstić information content (AvgIpc) is 3.12. The molecule has 1 amide bonds. The number of carbonyl (C=O) groups is 2. The van der Waals surface area contributed by atoms with Gasteiger partial charge in [-0.25, -0.2) is 13.2 Å². The number of esters is 1. The molecule has 32 heavy (non-hydrogen) atoms. The number of ether oxygens (including phenoxy) is 1. The SMILES string of the molecule is COC(=O)c1ccc2c(c1)sc(=NC(=O)CCS(=O)(=O)Cc1ccccc1)n2CCSC. The van der Waals surface area contributed by atoms with E-state index in [1.807, 2.05) is 23.0 Å². The number of thiazole rings is 1. The van der Waals surface area contributed by atoms with E-state index in [1.165, 1.54) is 18.4 Å². The van der Waals surface area contributed by atoms with Gasteiger partial charge in [-0.05, 0) is 30.0 Å². The number of rotatable bonds is 9. The Hall–Kier alpha value is -2.43. The summed E-state index contributed by atoms with van der Waals surface area (Å²) in [5.74, 6) is -0.467. The van der Waals surface area contributed by atoms with Gasteiger partial charge in [-0.15, -0.1) is 0 Å². The quantitative estimate of drug-likeness (QED) is 0.426. The highest BCUT2D eigenvalue weighted by Gasteiger charge is 2.16. The number of aryl methyl sites for hydroxylation is 1.